The van der Waals surface area contributed by atoms with Gasteiger partial charge in [-0.2, -0.15) is 13.2 Å². The first-order valence-electron chi connectivity index (χ1n) is 5.25. The molecule has 0 amide bonds. The smallest absolute Gasteiger partial charge is 0.346 e. The highest BCUT2D eigenvalue weighted by molar-refractivity contribution is 5.28. The Morgan fingerprint density at radius 2 is 2.00 bits per heavy atom. The average Bonchev–Trinajstić information content (AvgIpc) is 2.75. The van der Waals surface area contributed by atoms with Crippen molar-refractivity contribution < 1.29 is 27.0 Å². The summed E-state index contributed by atoms with van der Waals surface area (Å²) in [4.78, 5) is 0. The molecule has 2 rings (SSSR count). The molecule has 1 aromatic carbocycles. The highest BCUT2D eigenvalue weighted by Gasteiger charge is 2.33. The van der Waals surface area contributed by atoms with Gasteiger partial charge in [0.05, 0.1) is 18.3 Å². The Bertz CT molecular complexity index is 436. The molecule has 1 aliphatic heterocycles. The van der Waals surface area contributed by atoms with Gasteiger partial charge in [-0.1, -0.05) is 0 Å². The van der Waals surface area contributed by atoms with E-state index >= 15 is 0 Å². The van der Waals surface area contributed by atoms with E-state index < -0.39 is 23.8 Å². The first kappa shape index (κ1) is 13.3. The average molecular weight is 265 g/mol. The summed E-state index contributed by atoms with van der Waals surface area (Å²) in [6.45, 7) is 0.372. The third-order valence-corrected chi connectivity index (χ3v) is 2.53. The number of nitrogens with two attached hydrogens (primary N) is 1. The summed E-state index contributed by atoms with van der Waals surface area (Å²) in [5.41, 5.74) is 4.27. The Morgan fingerprint density at radius 3 is 2.56 bits per heavy atom. The monoisotopic (exact) mass is 265 g/mol. The maximum Gasteiger partial charge on any atom is 0.416 e. The lowest BCUT2D eigenvalue weighted by Gasteiger charge is -2.14. The largest absolute Gasteiger partial charge is 0.416 e. The van der Waals surface area contributed by atoms with Crippen molar-refractivity contribution in [2.45, 2.75) is 18.6 Å². The Hall–Kier alpha value is -1.18. The van der Waals surface area contributed by atoms with Crippen molar-refractivity contribution in [1.29, 1.82) is 0 Å². The van der Waals surface area contributed by atoms with Gasteiger partial charge < -0.3 is 15.2 Å². The van der Waals surface area contributed by atoms with Crippen LogP contribution in [0.1, 0.15) is 17.4 Å². The Morgan fingerprint density at radius 1 is 1.28 bits per heavy atom. The zero-order valence-electron chi connectivity index (χ0n) is 9.21. The molecule has 2 unspecified atom stereocenters. The molecule has 0 radical (unpaired) electrons. The molecule has 0 saturated carbocycles. The van der Waals surface area contributed by atoms with Crippen LogP contribution in [0.2, 0.25) is 0 Å². The minimum atomic E-state index is -4.61. The summed E-state index contributed by atoms with van der Waals surface area (Å²) in [6.07, 6.45) is -5.99. The molecule has 7 heteroatoms. The summed E-state index contributed by atoms with van der Waals surface area (Å²) in [7, 11) is 0. The summed E-state index contributed by atoms with van der Waals surface area (Å²) < 4.78 is 61.0. The van der Waals surface area contributed by atoms with Gasteiger partial charge in [0.15, 0.2) is 6.29 Å². The van der Waals surface area contributed by atoms with Crippen LogP contribution in [0, 0.1) is 5.82 Å². The summed E-state index contributed by atoms with van der Waals surface area (Å²) >= 11 is 0. The third kappa shape index (κ3) is 2.80. The van der Waals surface area contributed by atoms with Gasteiger partial charge in [0.2, 0.25) is 0 Å². The molecule has 2 N–H and O–H groups in total. The molecule has 18 heavy (non-hydrogen) atoms. The van der Waals surface area contributed by atoms with Crippen LogP contribution >= 0.6 is 0 Å². The fourth-order valence-electron chi connectivity index (χ4n) is 1.66. The van der Waals surface area contributed by atoms with Crippen LogP contribution in [0.5, 0.6) is 0 Å². The van der Waals surface area contributed by atoms with Gasteiger partial charge in [-0.05, 0) is 18.2 Å². The normalized spacial score (nSPS) is 24.5. The van der Waals surface area contributed by atoms with Gasteiger partial charge in [0.25, 0.3) is 0 Å². The predicted molar refractivity (Wildman–Crippen MR) is 54.0 cm³/mol. The van der Waals surface area contributed by atoms with Gasteiger partial charge in [-0.3, -0.25) is 0 Å². The van der Waals surface area contributed by atoms with Crippen molar-refractivity contribution >= 4 is 0 Å². The van der Waals surface area contributed by atoms with Crippen molar-refractivity contribution in [2.24, 2.45) is 5.73 Å². The molecule has 1 aromatic rings. The number of halogens is 4. The van der Waals surface area contributed by atoms with Gasteiger partial charge in [0, 0.05) is 12.1 Å². The number of rotatable bonds is 2. The van der Waals surface area contributed by atoms with Crippen molar-refractivity contribution in [1.82, 2.24) is 0 Å². The second-order valence-electron chi connectivity index (χ2n) is 3.93. The fourth-order valence-corrected chi connectivity index (χ4v) is 1.66. The van der Waals surface area contributed by atoms with Crippen LogP contribution in [-0.4, -0.2) is 19.3 Å². The van der Waals surface area contributed by atoms with Crippen LogP contribution in [-0.2, 0) is 15.7 Å². The van der Waals surface area contributed by atoms with E-state index in [9.17, 15) is 17.6 Å². The van der Waals surface area contributed by atoms with E-state index in [1.54, 1.807) is 0 Å². The highest BCUT2D eigenvalue weighted by atomic mass is 19.4. The second kappa shape index (κ2) is 4.83. The summed E-state index contributed by atoms with van der Waals surface area (Å²) in [5.74, 6) is -0.983. The highest BCUT2D eigenvalue weighted by Crippen LogP contribution is 2.34. The zero-order chi connectivity index (χ0) is 13.3. The Balaban J connectivity index is 2.26. The van der Waals surface area contributed by atoms with Crippen molar-refractivity contribution in [3.8, 4) is 0 Å². The van der Waals surface area contributed by atoms with Crippen LogP contribution < -0.4 is 5.73 Å². The topological polar surface area (TPSA) is 44.5 Å². The van der Waals surface area contributed by atoms with Gasteiger partial charge in [-0.25, -0.2) is 4.39 Å². The standard InChI is InChI=1S/C11H11F4NO2/c12-8-2-6(1-7(3-8)11(13,14)15)10-17-5-9(4-16)18-10/h1-3,9-10H,4-5,16H2. The number of hydrogen-bond donors (Lipinski definition) is 1. The fraction of sp³-hybridized carbons (Fsp3) is 0.455. The molecule has 3 nitrogen and oxygen atoms in total. The minimum absolute atomic E-state index is 0.00160. The molecular formula is C11H11F4NO2. The second-order valence-corrected chi connectivity index (χ2v) is 3.93. The third-order valence-electron chi connectivity index (χ3n) is 2.53. The first-order valence-corrected chi connectivity index (χ1v) is 5.25. The molecule has 0 spiro atoms. The van der Waals surface area contributed by atoms with Crippen LogP contribution in [0.3, 0.4) is 0 Å². The molecule has 0 bridgehead atoms. The molecule has 1 aliphatic rings. The number of ether oxygens (including phenoxy) is 2. The quantitative estimate of drug-likeness (QED) is 0.834. The number of hydrogen-bond acceptors (Lipinski definition) is 3. The van der Waals surface area contributed by atoms with E-state index in [1.165, 1.54) is 0 Å². The van der Waals surface area contributed by atoms with Gasteiger partial charge in [0.1, 0.15) is 5.82 Å². The van der Waals surface area contributed by atoms with Crippen molar-refractivity contribution in [3.05, 3.63) is 35.1 Å². The molecule has 1 saturated heterocycles. The van der Waals surface area contributed by atoms with Crippen LogP contribution in [0.15, 0.2) is 18.2 Å². The Kier molecular flexibility index (Phi) is 3.56. The Labute approximate surface area is 100 Å². The van der Waals surface area contributed by atoms with Crippen molar-refractivity contribution in [3.63, 3.8) is 0 Å². The minimum Gasteiger partial charge on any atom is -0.346 e. The zero-order valence-corrected chi connectivity index (χ0v) is 9.21. The molecule has 0 aromatic heterocycles. The van der Waals surface area contributed by atoms with Crippen LogP contribution in [0.25, 0.3) is 0 Å². The maximum absolute atomic E-state index is 13.2. The molecule has 0 aliphatic carbocycles. The van der Waals surface area contributed by atoms with E-state index in [0.717, 1.165) is 12.1 Å². The molecular weight excluding hydrogens is 254 g/mol. The van der Waals surface area contributed by atoms with E-state index in [2.05, 4.69) is 0 Å². The van der Waals surface area contributed by atoms with Gasteiger partial charge in [-0.15, -0.1) is 0 Å². The lowest BCUT2D eigenvalue weighted by Crippen LogP contribution is -2.21. The lowest BCUT2D eigenvalue weighted by atomic mass is 10.1. The summed E-state index contributed by atoms with van der Waals surface area (Å²) in [5, 5.41) is 0. The summed E-state index contributed by atoms with van der Waals surface area (Å²) in [6, 6.07) is 2.20. The maximum atomic E-state index is 13.2. The predicted octanol–water partition coefficient (Wildman–Crippen LogP) is 2.22. The number of benzene rings is 1. The van der Waals surface area contributed by atoms with E-state index in [0.29, 0.717) is 6.07 Å². The number of alkyl halides is 3. The SMILES string of the molecule is NCC1COC(c2cc(F)cc(C(F)(F)F)c2)O1. The first-order chi connectivity index (χ1) is 8.40. The van der Waals surface area contributed by atoms with Crippen LogP contribution in [0.4, 0.5) is 17.6 Å². The van der Waals surface area contributed by atoms with Gasteiger partial charge >= 0.3 is 6.18 Å². The van der Waals surface area contributed by atoms with Crippen molar-refractivity contribution in [2.75, 3.05) is 13.2 Å². The molecule has 2 atom stereocenters. The van der Waals surface area contributed by atoms with E-state index in [-0.39, 0.29) is 24.8 Å². The molecule has 1 fully saturated rings. The molecule has 100 valence electrons. The van der Waals surface area contributed by atoms with E-state index in [1.807, 2.05) is 0 Å². The lowest BCUT2D eigenvalue weighted by molar-refractivity contribution is -0.138. The van der Waals surface area contributed by atoms with E-state index in [4.69, 9.17) is 15.2 Å². The molecule has 1 heterocycles.